The number of allylic oxidation sites excluding steroid dienone is 26. The number of hydrogen-bond acceptors (Lipinski definition) is 24. The third-order valence-corrected chi connectivity index (χ3v) is 20.5. The van der Waals surface area contributed by atoms with Crippen LogP contribution in [0.3, 0.4) is 0 Å². The molecule has 0 bridgehead atoms. The van der Waals surface area contributed by atoms with Crippen molar-refractivity contribution in [2.24, 2.45) is 32.5 Å². The first-order valence-electron chi connectivity index (χ1n) is 42.3. The number of carbonyl (C=O) groups is 12. The maximum absolute atomic E-state index is 15.1. The fourth-order valence-corrected chi connectivity index (χ4v) is 15.4. The van der Waals surface area contributed by atoms with Crippen LogP contribution in [0, 0.1) is 32.5 Å². The van der Waals surface area contributed by atoms with Gasteiger partial charge in [-0.1, -0.05) is 84.1 Å². The van der Waals surface area contributed by atoms with Gasteiger partial charge in [0.15, 0.2) is 32.5 Å². The zero-order valence-corrected chi connectivity index (χ0v) is 76.1. The predicted octanol–water partition coefficient (Wildman–Crippen LogP) is 17.6. The fraction of sp³-hybridized carbons (Fsp3) is 0.604. The molecule has 0 atom stereocenters. The van der Waals surface area contributed by atoms with Crippen molar-refractivity contribution in [1.82, 2.24) is 0 Å². The van der Waals surface area contributed by atoms with E-state index >= 15 is 19.2 Å². The molecular weight excluding hydrogens is 1540 g/mol. The van der Waals surface area contributed by atoms with E-state index in [0.717, 1.165) is 11.1 Å². The SMILES string of the molecule is CC(C)=CC1=C(/C=C/C2=C(/C=C/C3=C(/C=C/C4=C(/C=C/C5=C(/C=C/C6=C(C=C(C)C)CC(C(=O)OC(C)C)(C(=O)OC(C)C)C6)CC(C(=O)OC(C)C)(C(=O)OC(C)C)C5)CC(C(=O)OC(C)C)(C(=O)OC(C)C)C4)CC(C(=O)OC(C)C)(C(=O)OC(C)C)C3)CC(C(=O)OC(C)C)(C(=O)OC(C)C)C2)CC(C(=O)OC(C)C)(C(=O)OC(C)C)C1. The van der Waals surface area contributed by atoms with Crippen molar-refractivity contribution in [2.45, 2.75) is 344 Å². The molecule has 0 saturated heterocycles. The topological polar surface area (TPSA) is 316 Å². The lowest BCUT2D eigenvalue weighted by molar-refractivity contribution is -0.178. The van der Waals surface area contributed by atoms with Gasteiger partial charge in [0.05, 0.1) is 73.2 Å². The van der Waals surface area contributed by atoms with E-state index in [1.54, 1.807) is 227 Å². The Morgan fingerprint density at radius 2 is 0.258 bits per heavy atom. The Morgan fingerprint density at radius 1 is 0.175 bits per heavy atom. The first kappa shape index (κ1) is 99.1. The van der Waals surface area contributed by atoms with Crippen molar-refractivity contribution in [1.29, 1.82) is 0 Å². The smallest absolute Gasteiger partial charge is 0.324 e. The van der Waals surface area contributed by atoms with Gasteiger partial charge in [0.25, 0.3) is 0 Å². The van der Waals surface area contributed by atoms with E-state index in [0.29, 0.717) is 66.9 Å². The summed E-state index contributed by atoms with van der Waals surface area (Å²) in [6.07, 6.45) is 10.0. The number of esters is 12. The van der Waals surface area contributed by atoms with Crippen LogP contribution in [0.1, 0.15) is 271 Å². The largest absolute Gasteiger partial charge is 0.462 e. The highest BCUT2D eigenvalue weighted by atomic mass is 16.6. The highest BCUT2D eigenvalue weighted by Crippen LogP contribution is 2.54. The van der Waals surface area contributed by atoms with E-state index in [1.807, 2.05) is 39.8 Å². The lowest BCUT2D eigenvalue weighted by Gasteiger charge is -2.27. The van der Waals surface area contributed by atoms with Crippen molar-refractivity contribution in [3.8, 4) is 0 Å². The van der Waals surface area contributed by atoms with Gasteiger partial charge in [-0.3, -0.25) is 57.5 Å². The van der Waals surface area contributed by atoms with E-state index in [9.17, 15) is 38.4 Å². The highest BCUT2D eigenvalue weighted by Gasteiger charge is 2.60. The van der Waals surface area contributed by atoms with Crippen LogP contribution in [0.5, 0.6) is 0 Å². The average Bonchev–Trinajstić information content (AvgIpc) is 1.61. The summed E-state index contributed by atoms with van der Waals surface area (Å²) in [4.78, 5) is 177. The maximum atomic E-state index is 15.1. The summed E-state index contributed by atoms with van der Waals surface area (Å²) in [5.41, 5.74) is -4.30. The number of rotatable bonds is 36. The Kier molecular flexibility index (Phi) is 34.0. The van der Waals surface area contributed by atoms with Gasteiger partial charge in [0.1, 0.15) is 0 Å². The molecular formula is C96H132O24. The fourth-order valence-electron chi connectivity index (χ4n) is 15.4. The Hall–Kier alpha value is -9.74. The van der Waals surface area contributed by atoms with E-state index < -0.39 is 177 Å². The summed E-state index contributed by atoms with van der Waals surface area (Å²) in [5.74, 6) is -10.1. The summed E-state index contributed by atoms with van der Waals surface area (Å²) in [6, 6.07) is 0. The average molecular weight is 1670 g/mol. The second kappa shape index (κ2) is 41.2. The number of hydrogen-bond donors (Lipinski definition) is 0. The molecule has 0 saturated carbocycles. The molecule has 0 aromatic rings. The molecule has 0 aromatic carbocycles. The summed E-state index contributed by atoms with van der Waals surface area (Å²) >= 11 is 0. The molecule has 0 fully saturated rings. The second-order valence-corrected chi connectivity index (χ2v) is 36.5. The Balaban J connectivity index is 1.74. The molecule has 6 rings (SSSR count). The molecule has 660 valence electrons. The van der Waals surface area contributed by atoms with Crippen molar-refractivity contribution < 1.29 is 114 Å². The molecule has 120 heavy (non-hydrogen) atoms. The van der Waals surface area contributed by atoms with Crippen LogP contribution < -0.4 is 0 Å². The Morgan fingerprint density at radius 3 is 0.342 bits per heavy atom. The van der Waals surface area contributed by atoms with Crippen LogP contribution in [0.15, 0.2) is 151 Å². The van der Waals surface area contributed by atoms with Crippen molar-refractivity contribution >= 4 is 71.6 Å². The van der Waals surface area contributed by atoms with Gasteiger partial charge < -0.3 is 56.8 Å². The first-order chi connectivity index (χ1) is 55.7. The Bertz CT molecular complexity index is 3970. The molecule has 0 aliphatic heterocycles. The quantitative estimate of drug-likeness (QED) is 0.0319. The van der Waals surface area contributed by atoms with Crippen LogP contribution >= 0.6 is 0 Å². The minimum atomic E-state index is -2.04. The molecule has 0 heterocycles. The van der Waals surface area contributed by atoms with Crippen LogP contribution in [-0.4, -0.2) is 145 Å². The molecule has 0 aromatic heterocycles. The van der Waals surface area contributed by atoms with Gasteiger partial charge in [0.2, 0.25) is 0 Å². The van der Waals surface area contributed by atoms with Gasteiger partial charge in [-0.05, 0) is 338 Å². The molecule has 0 radical (unpaired) electrons. The monoisotopic (exact) mass is 1670 g/mol. The summed E-state index contributed by atoms with van der Waals surface area (Å²) in [7, 11) is 0. The molecule has 0 spiro atoms. The standard InChI is InChI=1S/C96H132O24/c1-53(2)39-77-51-95(87(105)117-63(21)22,88(106)118-64(23)24)49-75(77)37-35-73-47-93(83(101)113-59(13)14,84(102)114-60(15)16)45-71(73)33-31-69-43-91(79(97)109-55(5)6,80(98)110-56(7)8)41-67(69)29-30-68-42-92(81(99)111-57(9)10,82(100)112-58(11)12)44-70(68)32-34-72-46-94(85(103)115-61(17)18,86(104)116-62(19)20)48-74(72)36-38-76-50-96(89(107)119-65(25)26,90(108)120-66(27)28)52-78(76)40-54(3)4/h29-40,55-66H,41-52H2,1-28H3/b30-29+,33-31+,34-32+,37-35+,38-36+. The maximum Gasteiger partial charge on any atom is 0.324 e. The molecule has 0 unspecified atom stereocenters. The van der Waals surface area contributed by atoms with Gasteiger partial charge in [-0.2, -0.15) is 0 Å². The molecule has 6 aliphatic carbocycles. The minimum absolute atomic E-state index is 0.0684. The minimum Gasteiger partial charge on any atom is -0.462 e. The lowest BCUT2D eigenvalue weighted by Crippen LogP contribution is -2.42. The third-order valence-electron chi connectivity index (χ3n) is 20.5. The molecule has 0 N–H and O–H groups in total. The van der Waals surface area contributed by atoms with Crippen LogP contribution in [0.25, 0.3) is 0 Å². The van der Waals surface area contributed by atoms with Gasteiger partial charge in [0, 0.05) is 0 Å². The third kappa shape index (κ3) is 24.1. The van der Waals surface area contributed by atoms with Gasteiger partial charge >= 0.3 is 71.6 Å². The zero-order chi connectivity index (χ0) is 90.4. The van der Waals surface area contributed by atoms with Gasteiger partial charge in [-0.25, -0.2) is 0 Å². The number of ether oxygens (including phenoxy) is 12. The van der Waals surface area contributed by atoms with E-state index in [-0.39, 0.29) is 77.0 Å². The van der Waals surface area contributed by atoms with Crippen LogP contribution in [0.2, 0.25) is 0 Å². The molecule has 6 aliphatic rings. The summed E-state index contributed by atoms with van der Waals surface area (Å²) in [6.45, 7) is 47.4. The van der Waals surface area contributed by atoms with E-state index in [4.69, 9.17) is 56.8 Å². The van der Waals surface area contributed by atoms with Gasteiger partial charge in [-0.15, -0.1) is 0 Å². The summed E-state index contributed by atoms with van der Waals surface area (Å²) < 4.78 is 70.7. The van der Waals surface area contributed by atoms with Crippen molar-refractivity contribution in [3.63, 3.8) is 0 Å². The van der Waals surface area contributed by atoms with Crippen molar-refractivity contribution in [2.75, 3.05) is 0 Å². The summed E-state index contributed by atoms with van der Waals surface area (Å²) in [5, 5.41) is 0. The second-order valence-electron chi connectivity index (χ2n) is 36.5. The molecule has 24 heteroatoms. The van der Waals surface area contributed by atoms with Crippen LogP contribution in [-0.2, 0) is 114 Å². The lowest BCUT2D eigenvalue weighted by atomic mass is 9.82. The molecule has 0 amide bonds. The highest BCUT2D eigenvalue weighted by molar-refractivity contribution is 6.06. The van der Waals surface area contributed by atoms with Crippen molar-refractivity contribution in [3.05, 3.63) is 151 Å². The van der Waals surface area contributed by atoms with Crippen LogP contribution in [0.4, 0.5) is 0 Å². The predicted molar refractivity (Wildman–Crippen MR) is 451 cm³/mol. The Labute approximate surface area is 710 Å². The first-order valence-corrected chi connectivity index (χ1v) is 42.3. The van der Waals surface area contributed by atoms with E-state index in [2.05, 4.69) is 0 Å². The normalized spacial score (nSPS) is 18.8. The number of carbonyl (C=O) groups excluding carboxylic acids is 12. The van der Waals surface area contributed by atoms with E-state index in [1.165, 1.54) is 0 Å². The zero-order valence-electron chi connectivity index (χ0n) is 76.1. The molecule has 24 nitrogen and oxygen atoms in total.